The van der Waals surface area contributed by atoms with E-state index >= 15 is 0 Å². The van der Waals surface area contributed by atoms with Crippen molar-refractivity contribution in [1.29, 1.82) is 0 Å². The maximum absolute atomic E-state index is 11.7. The summed E-state index contributed by atoms with van der Waals surface area (Å²) in [4.78, 5) is 22.7. The first-order valence-corrected chi connectivity index (χ1v) is 5.48. The van der Waals surface area contributed by atoms with Crippen LogP contribution in [0.2, 0.25) is 0 Å². The molecule has 0 aromatic heterocycles. The lowest BCUT2D eigenvalue weighted by Gasteiger charge is -2.18. The summed E-state index contributed by atoms with van der Waals surface area (Å²) in [6, 6.07) is 0.105. The van der Waals surface area contributed by atoms with Crippen LogP contribution in [0.3, 0.4) is 0 Å². The maximum atomic E-state index is 11.7. The molecule has 4 N–H and O–H groups in total. The highest BCUT2D eigenvalue weighted by atomic mass is 16.2. The van der Waals surface area contributed by atoms with Crippen molar-refractivity contribution >= 4 is 11.8 Å². The summed E-state index contributed by atoms with van der Waals surface area (Å²) in [5.74, 6) is 0.288. The summed E-state index contributed by atoms with van der Waals surface area (Å²) in [5, 5.41) is 5.59. The quantitative estimate of drug-likeness (QED) is 0.556. The average Bonchev–Trinajstić information content (AvgIpc) is 2.97. The normalized spacial score (nSPS) is 27.3. The summed E-state index contributed by atoms with van der Waals surface area (Å²) in [6.45, 7) is 0.955. The number of carbonyl (C=O) groups excluding carboxylic acids is 2. The van der Waals surface area contributed by atoms with Gasteiger partial charge in [0.05, 0.1) is 5.92 Å². The van der Waals surface area contributed by atoms with Gasteiger partial charge in [0.1, 0.15) is 0 Å². The number of nitrogens with two attached hydrogens (primary N) is 1. The molecular weight excluding hydrogens is 194 g/mol. The first-order valence-electron chi connectivity index (χ1n) is 5.48. The lowest BCUT2D eigenvalue weighted by atomic mass is 10.1. The molecule has 1 saturated heterocycles. The van der Waals surface area contributed by atoms with Crippen LogP contribution < -0.4 is 16.4 Å². The highest BCUT2D eigenvalue weighted by Crippen LogP contribution is 2.32. The van der Waals surface area contributed by atoms with E-state index in [2.05, 4.69) is 10.6 Å². The second-order valence-electron chi connectivity index (χ2n) is 4.39. The zero-order chi connectivity index (χ0) is 10.8. The molecule has 84 valence electrons. The number of nitrogens with one attached hydrogen (secondary N) is 2. The average molecular weight is 211 g/mol. The SMILES string of the molecule is NCC(NC(=O)C1CNC(=O)C1)C1CC1. The van der Waals surface area contributed by atoms with Crippen LogP contribution in [0.4, 0.5) is 0 Å². The van der Waals surface area contributed by atoms with Crippen molar-refractivity contribution in [2.24, 2.45) is 17.6 Å². The van der Waals surface area contributed by atoms with E-state index in [9.17, 15) is 9.59 Å². The second kappa shape index (κ2) is 4.18. The Morgan fingerprint density at radius 3 is 2.80 bits per heavy atom. The molecule has 1 aliphatic carbocycles. The molecule has 2 amide bonds. The first kappa shape index (κ1) is 10.4. The molecule has 2 atom stereocenters. The van der Waals surface area contributed by atoms with E-state index in [1.807, 2.05) is 0 Å². The zero-order valence-corrected chi connectivity index (χ0v) is 8.66. The molecule has 1 heterocycles. The third-order valence-corrected chi connectivity index (χ3v) is 3.12. The predicted molar refractivity (Wildman–Crippen MR) is 54.8 cm³/mol. The summed E-state index contributed by atoms with van der Waals surface area (Å²) in [7, 11) is 0. The molecule has 1 aliphatic heterocycles. The number of carbonyl (C=O) groups is 2. The van der Waals surface area contributed by atoms with Crippen molar-refractivity contribution in [3.05, 3.63) is 0 Å². The largest absolute Gasteiger partial charge is 0.355 e. The fraction of sp³-hybridized carbons (Fsp3) is 0.800. The minimum atomic E-state index is -0.203. The van der Waals surface area contributed by atoms with Gasteiger partial charge in [-0.05, 0) is 18.8 Å². The molecule has 1 saturated carbocycles. The molecule has 0 spiro atoms. The standard InChI is InChI=1S/C10H17N3O2/c11-4-8(6-1-2-6)13-10(15)7-3-9(14)12-5-7/h6-8H,1-5,11H2,(H,12,14)(H,13,15). The Balaban J connectivity index is 1.82. The van der Waals surface area contributed by atoms with Crippen molar-refractivity contribution < 1.29 is 9.59 Å². The monoisotopic (exact) mass is 211 g/mol. The van der Waals surface area contributed by atoms with Gasteiger partial charge in [-0.25, -0.2) is 0 Å². The van der Waals surface area contributed by atoms with E-state index in [4.69, 9.17) is 5.73 Å². The first-order chi connectivity index (χ1) is 7.20. The molecule has 15 heavy (non-hydrogen) atoms. The Hall–Kier alpha value is -1.10. The van der Waals surface area contributed by atoms with Crippen LogP contribution in [-0.4, -0.2) is 30.9 Å². The van der Waals surface area contributed by atoms with Crippen LogP contribution in [0.25, 0.3) is 0 Å². The van der Waals surface area contributed by atoms with Gasteiger partial charge in [0, 0.05) is 25.6 Å². The van der Waals surface area contributed by atoms with Crippen LogP contribution in [0.15, 0.2) is 0 Å². The fourth-order valence-corrected chi connectivity index (χ4v) is 1.96. The van der Waals surface area contributed by atoms with Crippen molar-refractivity contribution in [2.45, 2.75) is 25.3 Å². The van der Waals surface area contributed by atoms with E-state index in [0.29, 0.717) is 25.4 Å². The molecule has 2 unspecified atom stereocenters. The van der Waals surface area contributed by atoms with Crippen LogP contribution in [-0.2, 0) is 9.59 Å². The van der Waals surface area contributed by atoms with Gasteiger partial charge in [0.25, 0.3) is 0 Å². The van der Waals surface area contributed by atoms with E-state index in [1.165, 1.54) is 0 Å². The Bertz CT molecular complexity index is 276. The highest BCUT2D eigenvalue weighted by molar-refractivity contribution is 5.89. The third kappa shape index (κ3) is 2.47. The fourth-order valence-electron chi connectivity index (χ4n) is 1.96. The predicted octanol–water partition coefficient (Wildman–Crippen LogP) is -1.02. The highest BCUT2D eigenvalue weighted by Gasteiger charge is 2.34. The molecule has 0 radical (unpaired) electrons. The second-order valence-corrected chi connectivity index (χ2v) is 4.39. The zero-order valence-electron chi connectivity index (χ0n) is 8.66. The van der Waals surface area contributed by atoms with E-state index in [0.717, 1.165) is 12.8 Å². The molecule has 0 bridgehead atoms. The maximum Gasteiger partial charge on any atom is 0.225 e. The van der Waals surface area contributed by atoms with Gasteiger partial charge in [0.15, 0.2) is 0 Å². The molecule has 2 aliphatic rings. The Labute approximate surface area is 88.8 Å². The van der Waals surface area contributed by atoms with Gasteiger partial charge < -0.3 is 16.4 Å². The summed E-state index contributed by atoms with van der Waals surface area (Å²) in [5.41, 5.74) is 5.59. The number of hydrogen-bond donors (Lipinski definition) is 3. The van der Waals surface area contributed by atoms with Gasteiger partial charge in [-0.1, -0.05) is 0 Å². The minimum Gasteiger partial charge on any atom is -0.355 e. The van der Waals surface area contributed by atoms with Crippen LogP contribution in [0, 0.1) is 11.8 Å². The lowest BCUT2D eigenvalue weighted by molar-refractivity contribution is -0.127. The summed E-state index contributed by atoms with van der Waals surface area (Å²) < 4.78 is 0. The Kier molecular flexibility index (Phi) is 2.90. The van der Waals surface area contributed by atoms with Crippen LogP contribution >= 0.6 is 0 Å². The third-order valence-electron chi connectivity index (χ3n) is 3.12. The molecule has 2 fully saturated rings. The summed E-state index contributed by atoms with van der Waals surface area (Å²) >= 11 is 0. The van der Waals surface area contributed by atoms with Gasteiger partial charge in [-0.3, -0.25) is 9.59 Å². The molecule has 5 nitrogen and oxygen atoms in total. The topological polar surface area (TPSA) is 84.2 Å². The minimum absolute atomic E-state index is 0.0318. The van der Waals surface area contributed by atoms with Gasteiger partial charge in [0.2, 0.25) is 11.8 Å². The van der Waals surface area contributed by atoms with Crippen molar-refractivity contribution in [2.75, 3.05) is 13.1 Å². The number of amides is 2. The number of hydrogen-bond acceptors (Lipinski definition) is 3. The molecule has 0 aromatic carbocycles. The van der Waals surface area contributed by atoms with Crippen LogP contribution in [0.5, 0.6) is 0 Å². The van der Waals surface area contributed by atoms with Crippen molar-refractivity contribution in [1.82, 2.24) is 10.6 Å². The van der Waals surface area contributed by atoms with Crippen molar-refractivity contribution in [3.8, 4) is 0 Å². The smallest absolute Gasteiger partial charge is 0.225 e. The molecule has 2 rings (SSSR count). The van der Waals surface area contributed by atoms with Gasteiger partial charge in [-0.2, -0.15) is 0 Å². The number of rotatable bonds is 4. The van der Waals surface area contributed by atoms with E-state index in [1.54, 1.807) is 0 Å². The van der Waals surface area contributed by atoms with Crippen LogP contribution in [0.1, 0.15) is 19.3 Å². The van der Waals surface area contributed by atoms with Crippen molar-refractivity contribution in [3.63, 3.8) is 0 Å². The van der Waals surface area contributed by atoms with Gasteiger partial charge >= 0.3 is 0 Å². The lowest BCUT2D eigenvalue weighted by Crippen LogP contribution is -2.44. The molecule has 5 heteroatoms. The Morgan fingerprint density at radius 1 is 1.60 bits per heavy atom. The van der Waals surface area contributed by atoms with E-state index < -0.39 is 0 Å². The molecular formula is C10H17N3O2. The van der Waals surface area contributed by atoms with Gasteiger partial charge in [-0.15, -0.1) is 0 Å². The molecule has 0 aromatic rings. The summed E-state index contributed by atoms with van der Waals surface area (Å²) in [6.07, 6.45) is 2.63. The Morgan fingerprint density at radius 2 is 2.33 bits per heavy atom. The van der Waals surface area contributed by atoms with E-state index in [-0.39, 0.29) is 23.8 Å².